The van der Waals surface area contributed by atoms with Crippen LogP contribution in [0.25, 0.3) is 0 Å². The van der Waals surface area contributed by atoms with Crippen LogP contribution in [0.3, 0.4) is 0 Å². The average Bonchev–Trinajstić information content (AvgIpc) is 3.11. The van der Waals surface area contributed by atoms with Crippen LogP contribution in [0.1, 0.15) is 26.2 Å². The van der Waals surface area contributed by atoms with Crippen molar-refractivity contribution in [3.63, 3.8) is 0 Å². The normalized spacial score (nSPS) is 71.8. The molecule has 2 heteroatoms. The molecular formula is C24H26O2. The zero-order valence-electron chi connectivity index (χ0n) is 15.2. The Bertz CT molecular complexity index is 883. The van der Waals surface area contributed by atoms with Gasteiger partial charge >= 0.3 is 0 Å². The third-order valence-corrected chi connectivity index (χ3v) is 11.1. The van der Waals surface area contributed by atoms with E-state index in [9.17, 15) is 9.90 Å². The maximum Gasteiger partial charge on any atom is 0.147 e. The van der Waals surface area contributed by atoms with E-state index in [4.69, 9.17) is 0 Å². The molecule has 0 amide bonds. The summed E-state index contributed by atoms with van der Waals surface area (Å²) in [6.07, 6.45) is 17.5. The van der Waals surface area contributed by atoms with Gasteiger partial charge in [0.15, 0.2) is 0 Å². The minimum absolute atomic E-state index is 0.0251. The predicted molar refractivity (Wildman–Crippen MR) is 96.7 cm³/mol. The van der Waals surface area contributed by atoms with Gasteiger partial charge in [0.05, 0.1) is 5.60 Å². The number of hydrogen-bond acceptors (Lipinski definition) is 2. The third-order valence-electron chi connectivity index (χ3n) is 11.1. The molecule has 6 fully saturated rings. The van der Waals surface area contributed by atoms with Crippen LogP contribution in [0.4, 0.5) is 0 Å². The molecule has 13 atom stereocenters. The summed E-state index contributed by atoms with van der Waals surface area (Å²) in [5.41, 5.74) is -0.634. The zero-order chi connectivity index (χ0) is 17.2. The summed E-state index contributed by atoms with van der Waals surface area (Å²) in [5.74, 6) is 5.38. The van der Waals surface area contributed by atoms with Crippen molar-refractivity contribution in [2.45, 2.75) is 31.8 Å². The molecule has 0 unspecified atom stereocenters. The van der Waals surface area contributed by atoms with Crippen LogP contribution in [0.2, 0.25) is 0 Å². The van der Waals surface area contributed by atoms with Crippen LogP contribution < -0.4 is 0 Å². The van der Waals surface area contributed by atoms with Gasteiger partial charge in [0.1, 0.15) is 5.78 Å². The van der Waals surface area contributed by atoms with Gasteiger partial charge in [0, 0.05) is 22.7 Å². The minimum atomic E-state index is -0.461. The lowest BCUT2D eigenvalue weighted by atomic mass is 9.46. The SMILES string of the molecule is C[C@@]12C[C@]3(C(=O)[C@@H]4C=C[C@H]3[C@H]3CC=C[C@H]34)[C@@H]3[C@@H]4[C@@H]([C@H]5C=CC[C@H]5[C@@H]31)[C@]42O. The van der Waals surface area contributed by atoms with E-state index in [1.807, 2.05) is 0 Å². The molecule has 0 radical (unpaired) electrons. The molecule has 8 bridgehead atoms. The standard InChI is InChI=1S/C24H26O2/c1-22-10-23(16-9-8-15(21(23)25)11-4-2-5-12(11)16)19-17(22)13-6-3-7-14(13)18-20(19)24(18,22)26/h2-4,7-9,11-20,26H,5-6,10H2,1H3/t11-,12+,13-,14+,15-,16+,17+,18-,19+,20+,22-,23-,24+/m1/s1. The van der Waals surface area contributed by atoms with E-state index in [-0.39, 0.29) is 16.7 Å². The van der Waals surface area contributed by atoms with E-state index in [0.717, 1.165) is 12.8 Å². The molecule has 26 heavy (non-hydrogen) atoms. The van der Waals surface area contributed by atoms with Crippen molar-refractivity contribution in [3.05, 3.63) is 36.5 Å². The van der Waals surface area contributed by atoms with E-state index in [1.54, 1.807) is 0 Å². The fourth-order valence-electron chi connectivity index (χ4n) is 10.8. The number of carbonyl (C=O) groups is 1. The molecule has 10 aliphatic carbocycles. The predicted octanol–water partition coefficient (Wildman–Crippen LogP) is 3.39. The van der Waals surface area contributed by atoms with Crippen LogP contribution in [-0.2, 0) is 4.79 Å². The fourth-order valence-corrected chi connectivity index (χ4v) is 10.8. The fraction of sp³-hybridized carbons (Fsp3) is 0.708. The highest BCUT2D eigenvalue weighted by Crippen LogP contribution is 2.92. The van der Waals surface area contributed by atoms with Crippen LogP contribution in [0.15, 0.2) is 36.5 Å². The molecule has 0 heterocycles. The molecule has 0 aromatic rings. The van der Waals surface area contributed by atoms with Crippen molar-refractivity contribution >= 4 is 5.78 Å². The maximum absolute atomic E-state index is 13.9. The van der Waals surface area contributed by atoms with E-state index < -0.39 is 5.60 Å². The van der Waals surface area contributed by atoms with Crippen molar-refractivity contribution in [3.8, 4) is 0 Å². The Morgan fingerprint density at radius 1 is 0.923 bits per heavy atom. The number of rotatable bonds is 0. The number of ketones is 1. The second kappa shape index (κ2) is 3.60. The van der Waals surface area contributed by atoms with Gasteiger partial charge in [0.2, 0.25) is 0 Å². The van der Waals surface area contributed by atoms with Gasteiger partial charge in [-0.1, -0.05) is 43.4 Å². The smallest absolute Gasteiger partial charge is 0.147 e. The summed E-state index contributed by atoms with van der Waals surface area (Å²) >= 11 is 0. The summed E-state index contributed by atoms with van der Waals surface area (Å²) in [4.78, 5) is 13.9. The van der Waals surface area contributed by atoms with Gasteiger partial charge < -0.3 is 5.11 Å². The van der Waals surface area contributed by atoms with Gasteiger partial charge in [-0.3, -0.25) is 4.79 Å². The molecule has 1 N–H and O–H groups in total. The number of hydrogen-bond donors (Lipinski definition) is 1. The first-order valence-corrected chi connectivity index (χ1v) is 10.8. The topological polar surface area (TPSA) is 37.3 Å². The Labute approximate surface area is 154 Å². The molecule has 1 spiro atoms. The highest BCUT2D eigenvalue weighted by molar-refractivity contribution is 5.93. The maximum atomic E-state index is 13.9. The average molecular weight is 346 g/mol. The van der Waals surface area contributed by atoms with Crippen LogP contribution >= 0.6 is 0 Å². The Morgan fingerprint density at radius 3 is 2.54 bits per heavy atom. The zero-order valence-corrected chi connectivity index (χ0v) is 15.2. The number of Topliss-reactive ketones (excluding diaryl/α,β-unsaturated/α-hetero) is 1. The Hall–Kier alpha value is -1.15. The molecule has 10 rings (SSSR count). The first-order chi connectivity index (χ1) is 12.5. The quantitative estimate of drug-likeness (QED) is 0.683. The van der Waals surface area contributed by atoms with Crippen molar-refractivity contribution in [2.75, 3.05) is 0 Å². The Balaban J connectivity index is 1.34. The number of aliphatic hydroxyl groups is 1. The number of carbonyl (C=O) groups excluding carboxylic acids is 1. The lowest BCUT2D eigenvalue weighted by Gasteiger charge is -2.56. The van der Waals surface area contributed by atoms with Gasteiger partial charge in [-0.05, 0) is 66.6 Å². The van der Waals surface area contributed by atoms with Crippen LogP contribution in [0, 0.1) is 70.0 Å². The molecule has 134 valence electrons. The summed E-state index contributed by atoms with van der Waals surface area (Å²) in [7, 11) is 0. The first-order valence-electron chi connectivity index (χ1n) is 10.8. The van der Waals surface area contributed by atoms with Crippen LogP contribution in [0.5, 0.6) is 0 Å². The third kappa shape index (κ3) is 0.992. The molecule has 2 nitrogen and oxygen atoms in total. The molecule has 10 aliphatic rings. The lowest BCUT2D eigenvalue weighted by Crippen LogP contribution is -2.59. The largest absolute Gasteiger partial charge is 0.389 e. The van der Waals surface area contributed by atoms with Gasteiger partial charge in [-0.25, -0.2) is 0 Å². The highest BCUT2D eigenvalue weighted by Gasteiger charge is 2.95. The molecule has 0 aromatic carbocycles. The molecule has 6 saturated carbocycles. The molecule has 0 saturated heterocycles. The summed E-state index contributed by atoms with van der Waals surface area (Å²) in [5, 5.41) is 11.7. The van der Waals surface area contributed by atoms with Crippen molar-refractivity contribution < 1.29 is 9.90 Å². The van der Waals surface area contributed by atoms with E-state index in [1.165, 1.54) is 6.42 Å². The first kappa shape index (κ1) is 13.9. The number of allylic oxidation sites excluding steroid dienone is 6. The molecule has 0 aromatic heterocycles. The van der Waals surface area contributed by atoms with Crippen molar-refractivity contribution in [1.29, 1.82) is 0 Å². The second-order valence-corrected chi connectivity index (χ2v) is 11.2. The van der Waals surface area contributed by atoms with Crippen molar-refractivity contribution in [2.24, 2.45) is 70.0 Å². The van der Waals surface area contributed by atoms with E-state index >= 15 is 0 Å². The van der Waals surface area contributed by atoms with Gasteiger partial charge in [0.25, 0.3) is 0 Å². The molecular weight excluding hydrogens is 320 g/mol. The van der Waals surface area contributed by atoms with Gasteiger partial charge in [-0.2, -0.15) is 0 Å². The Kier molecular flexibility index (Phi) is 1.93. The van der Waals surface area contributed by atoms with Crippen molar-refractivity contribution in [1.82, 2.24) is 0 Å². The minimum Gasteiger partial charge on any atom is -0.389 e. The van der Waals surface area contributed by atoms with E-state index in [2.05, 4.69) is 43.4 Å². The van der Waals surface area contributed by atoms with Crippen LogP contribution in [-0.4, -0.2) is 16.5 Å². The Morgan fingerprint density at radius 2 is 1.69 bits per heavy atom. The summed E-state index contributed by atoms with van der Waals surface area (Å²) < 4.78 is 0. The summed E-state index contributed by atoms with van der Waals surface area (Å²) in [6.45, 7) is 2.37. The monoisotopic (exact) mass is 346 g/mol. The van der Waals surface area contributed by atoms with E-state index in [0.29, 0.717) is 59.0 Å². The highest BCUT2D eigenvalue weighted by atomic mass is 16.3. The second-order valence-electron chi connectivity index (χ2n) is 11.2. The van der Waals surface area contributed by atoms with Gasteiger partial charge in [-0.15, -0.1) is 0 Å². The summed E-state index contributed by atoms with van der Waals surface area (Å²) in [6, 6.07) is 0. The molecule has 0 aliphatic heterocycles. The lowest BCUT2D eigenvalue weighted by molar-refractivity contribution is -0.153.